The first-order valence-corrected chi connectivity index (χ1v) is 24.8. The van der Waals surface area contributed by atoms with Crippen molar-refractivity contribution < 1.29 is 185 Å². The molecule has 1 amide bonds. The summed E-state index contributed by atoms with van der Waals surface area (Å²) in [6.07, 6.45) is 0. The van der Waals surface area contributed by atoms with Gasteiger partial charge in [-0.3, -0.25) is 9.35 Å². The summed E-state index contributed by atoms with van der Waals surface area (Å²) in [6, 6.07) is 11.2. The molecule has 0 spiro atoms. The molecule has 29 nitrogen and oxygen atoms in total. The molecule has 0 bridgehead atoms. The fourth-order valence-electron chi connectivity index (χ4n) is 5.94. The van der Waals surface area contributed by atoms with Gasteiger partial charge >= 0.3 is 118 Å². The topological polar surface area (TPSA) is 449 Å². The van der Waals surface area contributed by atoms with Gasteiger partial charge in [0, 0.05) is 22.7 Å². The van der Waals surface area contributed by atoms with Gasteiger partial charge < -0.3 is 44.8 Å². The smallest absolute Gasteiger partial charge is 0.744 e. The molecule has 6 aromatic rings. The predicted octanol–water partition coefficient (Wildman–Crippen LogP) is -9.77. The van der Waals surface area contributed by atoms with Crippen molar-refractivity contribution in [1.82, 2.24) is 29.9 Å². The van der Waals surface area contributed by atoms with E-state index in [0.29, 0.717) is 11.1 Å². The van der Waals surface area contributed by atoms with Gasteiger partial charge in [-0.2, -0.15) is 58.7 Å². The van der Waals surface area contributed by atoms with Gasteiger partial charge in [0.05, 0.1) is 26.3 Å². The van der Waals surface area contributed by atoms with Crippen molar-refractivity contribution in [3.8, 4) is 0 Å². The molecule has 5 N–H and O–H groups in total. The fraction of sp³-hybridized carbons (Fsp3) is 0.0571. The van der Waals surface area contributed by atoms with E-state index in [1.54, 1.807) is 0 Å². The molecule has 0 radical (unpaired) electrons. The number of amides is 1. The monoisotopic (exact) mass is 1170 g/mol. The largest absolute Gasteiger partial charge is 1.00 e. The Morgan fingerprint density at radius 1 is 0.635 bits per heavy atom. The molecule has 39 heteroatoms. The number of benzene rings is 4. The van der Waals surface area contributed by atoms with E-state index in [4.69, 9.17) is 23.2 Å². The third-order valence-electron chi connectivity index (χ3n) is 8.98. The summed E-state index contributed by atoms with van der Waals surface area (Å²) in [5.74, 6) is -4.92. The van der Waals surface area contributed by atoms with Gasteiger partial charge in [-0.05, 0) is 102 Å². The Kier molecular flexibility index (Phi) is 22.6. The van der Waals surface area contributed by atoms with Crippen LogP contribution < -0.4 is 150 Å². The summed E-state index contributed by atoms with van der Waals surface area (Å²) in [4.78, 5) is 46.8. The summed E-state index contributed by atoms with van der Waals surface area (Å²) < 4.78 is 141. The first-order chi connectivity index (χ1) is 32.6. The Morgan fingerprint density at radius 2 is 1.08 bits per heavy atom. The minimum absolute atomic E-state index is 0. The number of halogens is 2. The molecule has 74 heavy (non-hydrogen) atoms. The van der Waals surface area contributed by atoms with Crippen molar-refractivity contribution in [2.45, 2.75) is 32.5 Å². The Hall–Kier alpha value is -3.47. The average molecular weight is 1170 g/mol. The molecule has 0 saturated heterocycles. The number of carbonyl (C=O) groups excluding carboxylic acids is 2. The number of hydrazone groups is 1. The molecular formula is C35H22Cl2N14Na4O15S4. The van der Waals surface area contributed by atoms with Gasteiger partial charge in [0.15, 0.2) is 6.04 Å². The normalized spacial score (nSPS) is 13.6. The van der Waals surface area contributed by atoms with Gasteiger partial charge in [0.25, 0.3) is 16.0 Å². The standard InChI is InChI=1S/C35H26Cl2N14O15S4.4Na/c1-15-22(41-35-45-31(37)44-33(47-35)39-17-5-3-7-20(11-17)68(58,59)60)13-21(69(61,62)63)14-24(15)51-28(52)26(27(50-51)29(53)54)49-48-23-12-18(8-9-25(23)70(64,65)66)40-34-43-30(36)42-32(46-34)38-16-4-2-6-19(10-16)67(55,56)57;;;;/h2-14,26H,1H3,(H,53,54)(H,55,56,57)(H,58,59,60)(H,61,62,63)(H,64,65,66)(H2,38,40,42,43,46)(H2,39,41,44,45,47);;;;/q;4*+1/p-4. The number of anilines is 9. The third-order valence-corrected chi connectivity index (χ3v) is 12.7. The maximum Gasteiger partial charge on any atom is 1.00 e. The summed E-state index contributed by atoms with van der Waals surface area (Å²) in [5.41, 5.74) is -2.97. The van der Waals surface area contributed by atoms with E-state index in [-0.39, 0.29) is 164 Å². The maximum atomic E-state index is 14.0. The van der Waals surface area contributed by atoms with E-state index in [9.17, 15) is 66.6 Å². The van der Waals surface area contributed by atoms with Crippen LogP contribution in [0.25, 0.3) is 0 Å². The number of carbonyl (C=O) groups is 2. The molecule has 364 valence electrons. The number of aromatic nitrogens is 6. The van der Waals surface area contributed by atoms with Crippen LogP contribution in [-0.2, 0) is 50.1 Å². The zero-order valence-electron chi connectivity index (χ0n) is 38.1. The number of carboxylic acids is 1. The number of carboxylic acid groups (broad SMARTS) is 1. The molecule has 3 heterocycles. The number of nitrogens with zero attached hydrogens (tertiary/aromatic N) is 10. The van der Waals surface area contributed by atoms with E-state index in [1.807, 2.05) is 0 Å². The van der Waals surface area contributed by atoms with E-state index < -0.39 is 112 Å². The van der Waals surface area contributed by atoms with Crippen molar-refractivity contribution in [2.24, 2.45) is 15.3 Å². The van der Waals surface area contributed by atoms with Crippen molar-refractivity contribution in [3.63, 3.8) is 0 Å². The number of rotatable bonds is 16. The SMILES string of the molecule is Cc1c(Nc2nc(Cl)nc(Nc3cccc(S(=O)(=O)[O-])c3)n2)cc(S(=O)(=O)[O-])cc1N1N=C(C(=O)[O-])C(N=Nc2cc(Nc3nc(Cl)nc(Nc4cccc(S(=O)(=O)[O-])c4)n3)ccc2S(=O)(=O)O)C1=O.[Na+].[Na+].[Na+].[Na+]. The van der Waals surface area contributed by atoms with Crippen molar-refractivity contribution in [3.05, 3.63) is 95.0 Å². The molecule has 0 aliphatic carbocycles. The second-order valence-electron chi connectivity index (χ2n) is 13.7. The van der Waals surface area contributed by atoms with Crippen LogP contribution in [0.1, 0.15) is 5.56 Å². The van der Waals surface area contributed by atoms with Crippen LogP contribution in [0.5, 0.6) is 0 Å². The Labute approximate surface area is 516 Å². The van der Waals surface area contributed by atoms with Gasteiger partial charge in [0.1, 0.15) is 46.6 Å². The molecule has 1 atom stereocenters. The molecule has 1 aliphatic rings. The third kappa shape index (κ3) is 16.3. The Balaban J connectivity index is 0.00000361. The van der Waals surface area contributed by atoms with Crippen LogP contribution in [-0.4, -0.2) is 105 Å². The van der Waals surface area contributed by atoms with Crippen LogP contribution in [0.3, 0.4) is 0 Å². The van der Waals surface area contributed by atoms with Crippen LogP contribution in [0.15, 0.2) is 114 Å². The van der Waals surface area contributed by atoms with Crippen LogP contribution >= 0.6 is 23.2 Å². The summed E-state index contributed by atoms with van der Waals surface area (Å²) in [5, 5.41) is 33.4. The van der Waals surface area contributed by atoms with Gasteiger partial charge in [-0.15, -0.1) is 0 Å². The van der Waals surface area contributed by atoms with Crippen LogP contribution in [0, 0.1) is 6.92 Å². The Bertz CT molecular complexity index is 3730. The van der Waals surface area contributed by atoms with E-state index in [0.717, 1.165) is 48.5 Å². The molecule has 0 fully saturated rings. The number of azo groups is 1. The van der Waals surface area contributed by atoms with E-state index >= 15 is 0 Å². The predicted molar refractivity (Wildman–Crippen MR) is 235 cm³/mol. The first kappa shape index (κ1) is 64.8. The molecule has 1 aliphatic heterocycles. The zero-order valence-corrected chi connectivity index (χ0v) is 50.9. The number of hydrogen-bond donors (Lipinski definition) is 5. The molecular weight excluding hydrogens is 1150 g/mol. The molecule has 4 aromatic carbocycles. The Morgan fingerprint density at radius 3 is 1.51 bits per heavy atom. The average Bonchev–Trinajstić information content (AvgIpc) is 3.57. The number of aliphatic carboxylic acids is 1. The second-order valence-corrected chi connectivity index (χ2v) is 19.9. The minimum atomic E-state index is -5.39. The van der Waals surface area contributed by atoms with Crippen molar-refractivity contribution >= 4 is 139 Å². The molecule has 0 saturated carbocycles. The molecule has 2 aromatic heterocycles. The van der Waals surface area contributed by atoms with Gasteiger partial charge in [-0.1, -0.05) is 12.1 Å². The summed E-state index contributed by atoms with van der Waals surface area (Å²) >= 11 is 12.1. The summed E-state index contributed by atoms with van der Waals surface area (Å²) in [7, 11) is -20.2. The first-order valence-electron chi connectivity index (χ1n) is 18.4. The number of hydrogen-bond acceptors (Lipinski definition) is 27. The summed E-state index contributed by atoms with van der Waals surface area (Å²) in [6.45, 7) is 1.25. The van der Waals surface area contributed by atoms with Crippen molar-refractivity contribution in [2.75, 3.05) is 26.3 Å². The number of nitrogens with one attached hydrogen (secondary N) is 4. The molecule has 7 rings (SSSR count). The van der Waals surface area contributed by atoms with Gasteiger partial charge in [0.2, 0.25) is 34.4 Å². The zero-order chi connectivity index (χ0) is 51.1. The van der Waals surface area contributed by atoms with E-state index in [2.05, 4.69) is 66.5 Å². The maximum absolute atomic E-state index is 14.0. The van der Waals surface area contributed by atoms with E-state index in [1.165, 1.54) is 31.2 Å². The second kappa shape index (κ2) is 25.8. The molecule has 1 unspecified atom stereocenters. The minimum Gasteiger partial charge on any atom is -0.744 e. The quantitative estimate of drug-likeness (QED) is 0.0341. The fourth-order valence-corrected chi connectivity index (χ4v) is 8.42. The van der Waals surface area contributed by atoms with Crippen molar-refractivity contribution in [1.29, 1.82) is 0 Å². The van der Waals surface area contributed by atoms with Gasteiger partial charge in [-0.25, -0.2) is 25.3 Å². The van der Waals surface area contributed by atoms with Crippen LogP contribution in [0.2, 0.25) is 10.6 Å². The van der Waals surface area contributed by atoms with Crippen LogP contribution in [0.4, 0.5) is 57.9 Å².